The van der Waals surface area contributed by atoms with Crippen LogP contribution in [-0.4, -0.2) is 64.0 Å². The fourth-order valence-corrected chi connectivity index (χ4v) is 5.40. The molecule has 2 N–H and O–H groups in total. The molecule has 24 heavy (non-hydrogen) atoms. The average molecular weight is 355 g/mol. The maximum atomic E-state index is 11.7. The van der Waals surface area contributed by atoms with Crippen LogP contribution in [0.3, 0.4) is 0 Å². The van der Waals surface area contributed by atoms with Crippen LogP contribution in [0.15, 0.2) is 24.3 Å². The summed E-state index contributed by atoms with van der Waals surface area (Å²) in [6, 6.07) is 7.62. The SMILES string of the molecule is COc1ccc(C2(CN[C@@H]3CS(=O)(=O)C[C@H]3O)CCOCC2)cc1. The van der Waals surface area contributed by atoms with Crippen LogP contribution in [0.5, 0.6) is 5.75 Å². The number of aliphatic hydroxyl groups excluding tert-OH is 1. The van der Waals surface area contributed by atoms with Gasteiger partial charge in [0.25, 0.3) is 0 Å². The standard InChI is InChI=1S/C17H25NO5S/c1-22-14-4-2-13(3-5-14)17(6-8-23-9-7-17)12-18-15-10-24(20,21)11-16(15)19/h2-5,15-16,18-19H,6-12H2,1H3/t15-,16-/m1/s1. The lowest BCUT2D eigenvalue weighted by Crippen LogP contribution is -2.49. The molecule has 0 spiro atoms. The molecular formula is C17H25NO5S. The third kappa shape index (κ3) is 3.74. The van der Waals surface area contributed by atoms with Crippen molar-refractivity contribution >= 4 is 9.84 Å². The van der Waals surface area contributed by atoms with Crippen LogP contribution in [0, 0.1) is 0 Å². The van der Waals surface area contributed by atoms with Crippen LogP contribution in [-0.2, 0) is 20.0 Å². The number of hydrogen-bond acceptors (Lipinski definition) is 6. The first-order chi connectivity index (χ1) is 11.4. The van der Waals surface area contributed by atoms with E-state index in [1.54, 1.807) is 7.11 Å². The Morgan fingerprint density at radius 2 is 1.92 bits per heavy atom. The Morgan fingerprint density at radius 3 is 2.46 bits per heavy atom. The molecule has 2 aliphatic rings. The molecule has 0 bridgehead atoms. The summed E-state index contributed by atoms with van der Waals surface area (Å²) in [6.45, 7) is 1.98. The van der Waals surface area contributed by atoms with Crippen LogP contribution < -0.4 is 10.1 Å². The van der Waals surface area contributed by atoms with E-state index >= 15 is 0 Å². The number of aliphatic hydroxyl groups is 1. The first kappa shape index (κ1) is 17.7. The summed E-state index contributed by atoms with van der Waals surface area (Å²) in [6.07, 6.45) is 0.895. The summed E-state index contributed by atoms with van der Waals surface area (Å²) in [5.74, 6) is 0.665. The van der Waals surface area contributed by atoms with Crippen LogP contribution in [0.2, 0.25) is 0 Å². The molecule has 7 heteroatoms. The Hall–Kier alpha value is -1.15. The smallest absolute Gasteiger partial charge is 0.154 e. The first-order valence-corrected chi connectivity index (χ1v) is 10.1. The van der Waals surface area contributed by atoms with Crippen LogP contribution in [0.4, 0.5) is 0 Å². The molecule has 0 saturated carbocycles. The molecule has 6 nitrogen and oxygen atoms in total. The van der Waals surface area contributed by atoms with Gasteiger partial charge in [0.2, 0.25) is 0 Å². The summed E-state index contributed by atoms with van der Waals surface area (Å²) >= 11 is 0. The Kier molecular flexibility index (Phi) is 5.15. The zero-order valence-electron chi connectivity index (χ0n) is 13.9. The number of hydrogen-bond donors (Lipinski definition) is 2. The summed E-state index contributed by atoms with van der Waals surface area (Å²) < 4.78 is 34.1. The Morgan fingerprint density at radius 1 is 1.25 bits per heavy atom. The van der Waals surface area contributed by atoms with Gasteiger partial charge in [0.15, 0.2) is 9.84 Å². The highest BCUT2D eigenvalue weighted by molar-refractivity contribution is 7.91. The quantitative estimate of drug-likeness (QED) is 0.800. The van der Waals surface area contributed by atoms with Gasteiger partial charge >= 0.3 is 0 Å². The van der Waals surface area contributed by atoms with Crippen molar-refractivity contribution < 1.29 is 23.0 Å². The molecule has 2 aliphatic heterocycles. The minimum absolute atomic E-state index is 0.00333. The van der Waals surface area contributed by atoms with E-state index < -0.39 is 22.0 Å². The molecule has 3 rings (SSSR count). The highest BCUT2D eigenvalue weighted by Gasteiger charge is 2.40. The zero-order chi connectivity index (χ0) is 17.2. The number of sulfone groups is 1. The molecule has 2 saturated heterocycles. The lowest BCUT2D eigenvalue weighted by atomic mass is 9.74. The van der Waals surface area contributed by atoms with Gasteiger partial charge < -0.3 is 19.9 Å². The second-order valence-electron chi connectivity index (χ2n) is 6.75. The van der Waals surface area contributed by atoms with E-state index in [2.05, 4.69) is 17.4 Å². The van der Waals surface area contributed by atoms with Gasteiger partial charge in [0.1, 0.15) is 5.75 Å². The van der Waals surface area contributed by atoms with E-state index in [9.17, 15) is 13.5 Å². The Balaban J connectivity index is 1.76. The van der Waals surface area contributed by atoms with Crippen LogP contribution in [0.25, 0.3) is 0 Å². The van der Waals surface area contributed by atoms with Gasteiger partial charge in [-0.25, -0.2) is 8.42 Å². The predicted molar refractivity (Wildman–Crippen MR) is 91.2 cm³/mol. The van der Waals surface area contributed by atoms with E-state index in [0.717, 1.165) is 18.6 Å². The topological polar surface area (TPSA) is 84.9 Å². The summed E-state index contributed by atoms with van der Waals surface area (Å²) in [5, 5.41) is 13.3. The van der Waals surface area contributed by atoms with Crippen LogP contribution >= 0.6 is 0 Å². The molecule has 1 aromatic rings. The van der Waals surface area contributed by atoms with Gasteiger partial charge in [-0.3, -0.25) is 0 Å². The minimum Gasteiger partial charge on any atom is -0.497 e. The maximum absolute atomic E-state index is 11.7. The molecule has 0 aliphatic carbocycles. The third-order valence-corrected chi connectivity index (χ3v) is 6.89. The Bertz CT molecular complexity index is 652. The number of ether oxygens (including phenoxy) is 2. The van der Waals surface area contributed by atoms with Crippen molar-refractivity contribution in [2.45, 2.75) is 30.4 Å². The predicted octanol–water partition coefficient (Wildman–Crippen LogP) is 0.491. The third-order valence-electron chi connectivity index (χ3n) is 5.18. The molecule has 2 heterocycles. The molecule has 0 radical (unpaired) electrons. The monoisotopic (exact) mass is 355 g/mol. The minimum atomic E-state index is -3.14. The van der Waals surface area contributed by atoms with Crippen molar-refractivity contribution in [3.63, 3.8) is 0 Å². The average Bonchev–Trinajstić information content (AvgIpc) is 2.86. The second kappa shape index (κ2) is 7.00. The summed E-state index contributed by atoms with van der Waals surface area (Å²) in [4.78, 5) is 0. The van der Waals surface area contributed by atoms with Gasteiger partial charge in [-0.15, -0.1) is 0 Å². The maximum Gasteiger partial charge on any atom is 0.154 e. The second-order valence-corrected chi connectivity index (χ2v) is 8.91. The molecular weight excluding hydrogens is 330 g/mol. The van der Waals surface area contributed by atoms with Gasteiger partial charge in [-0.1, -0.05) is 12.1 Å². The normalized spacial score (nSPS) is 28.6. The summed E-state index contributed by atoms with van der Waals surface area (Å²) in [7, 11) is -1.50. The van der Waals surface area contributed by atoms with E-state index in [4.69, 9.17) is 9.47 Å². The number of benzene rings is 1. The molecule has 1 aromatic carbocycles. The van der Waals surface area contributed by atoms with Gasteiger partial charge in [-0.2, -0.15) is 0 Å². The van der Waals surface area contributed by atoms with E-state index in [1.807, 2.05) is 12.1 Å². The summed E-state index contributed by atoms with van der Waals surface area (Å²) in [5.41, 5.74) is 1.07. The van der Waals surface area contributed by atoms with Crippen molar-refractivity contribution in [2.75, 3.05) is 38.4 Å². The van der Waals surface area contributed by atoms with Gasteiger partial charge in [0, 0.05) is 31.2 Å². The first-order valence-electron chi connectivity index (χ1n) is 8.28. The van der Waals surface area contributed by atoms with E-state index in [1.165, 1.54) is 5.56 Å². The fraction of sp³-hybridized carbons (Fsp3) is 0.647. The fourth-order valence-electron chi connectivity index (χ4n) is 3.62. The molecule has 2 fully saturated rings. The van der Waals surface area contributed by atoms with Crippen molar-refractivity contribution in [3.05, 3.63) is 29.8 Å². The lowest BCUT2D eigenvalue weighted by molar-refractivity contribution is 0.0469. The van der Waals surface area contributed by atoms with E-state index in [-0.39, 0.29) is 16.9 Å². The molecule has 0 unspecified atom stereocenters. The number of methoxy groups -OCH3 is 1. The zero-order valence-corrected chi connectivity index (χ0v) is 14.7. The highest BCUT2D eigenvalue weighted by Crippen LogP contribution is 2.35. The highest BCUT2D eigenvalue weighted by atomic mass is 32.2. The van der Waals surface area contributed by atoms with Gasteiger partial charge in [0.05, 0.1) is 24.7 Å². The lowest BCUT2D eigenvalue weighted by Gasteiger charge is -2.39. The number of nitrogens with one attached hydrogen (secondary N) is 1. The van der Waals surface area contributed by atoms with Crippen molar-refractivity contribution in [1.82, 2.24) is 5.32 Å². The van der Waals surface area contributed by atoms with E-state index in [0.29, 0.717) is 19.8 Å². The largest absolute Gasteiger partial charge is 0.497 e. The van der Waals surface area contributed by atoms with Crippen molar-refractivity contribution in [1.29, 1.82) is 0 Å². The van der Waals surface area contributed by atoms with Crippen molar-refractivity contribution in [2.24, 2.45) is 0 Å². The van der Waals surface area contributed by atoms with Crippen LogP contribution in [0.1, 0.15) is 18.4 Å². The number of rotatable bonds is 5. The molecule has 0 aromatic heterocycles. The molecule has 2 atom stereocenters. The Labute approximate surface area is 143 Å². The molecule has 134 valence electrons. The van der Waals surface area contributed by atoms with Crippen molar-refractivity contribution in [3.8, 4) is 5.75 Å². The van der Waals surface area contributed by atoms with Gasteiger partial charge in [-0.05, 0) is 30.5 Å². The molecule has 0 amide bonds.